The lowest BCUT2D eigenvalue weighted by Gasteiger charge is -2.16. The highest BCUT2D eigenvalue weighted by Gasteiger charge is 2.08. The molecule has 16 heavy (non-hydrogen) atoms. The third-order valence-electron chi connectivity index (χ3n) is 2.12. The lowest BCUT2D eigenvalue weighted by atomic mass is 10.1. The zero-order chi connectivity index (χ0) is 12.1. The van der Waals surface area contributed by atoms with Gasteiger partial charge in [-0.1, -0.05) is 0 Å². The summed E-state index contributed by atoms with van der Waals surface area (Å²) in [6.45, 7) is 2.51. The van der Waals surface area contributed by atoms with Crippen LogP contribution >= 0.6 is 0 Å². The van der Waals surface area contributed by atoms with Gasteiger partial charge in [-0.15, -0.1) is 0 Å². The van der Waals surface area contributed by atoms with Crippen molar-refractivity contribution in [2.24, 2.45) is 0 Å². The van der Waals surface area contributed by atoms with Gasteiger partial charge in [0.2, 0.25) is 0 Å². The number of carboxylic acids is 1. The predicted molar refractivity (Wildman–Crippen MR) is 62.8 cm³/mol. The fraction of sp³-hybridized carbons (Fsp3) is 0.364. The summed E-state index contributed by atoms with van der Waals surface area (Å²) < 4.78 is 4.98. The average molecular weight is 224 g/mol. The van der Waals surface area contributed by atoms with Crippen LogP contribution in [0, 0.1) is 0 Å². The zero-order valence-corrected chi connectivity index (χ0v) is 9.36. The molecule has 5 nitrogen and oxygen atoms in total. The van der Waals surface area contributed by atoms with Gasteiger partial charge in [-0.25, -0.2) is 4.79 Å². The number of nitrogens with two attached hydrogens (primary N) is 1. The molecule has 0 heterocycles. The van der Waals surface area contributed by atoms with Gasteiger partial charge in [0.25, 0.3) is 0 Å². The Hall–Kier alpha value is -1.75. The van der Waals surface area contributed by atoms with Crippen LogP contribution in [0.4, 0.5) is 11.4 Å². The molecule has 1 atom stereocenters. The average Bonchev–Trinajstić information content (AvgIpc) is 2.21. The lowest BCUT2D eigenvalue weighted by molar-refractivity contribution is 0.0697. The molecule has 1 aromatic carbocycles. The van der Waals surface area contributed by atoms with Gasteiger partial charge < -0.3 is 20.9 Å². The van der Waals surface area contributed by atoms with E-state index in [1.165, 1.54) is 12.1 Å². The Morgan fingerprint density at radius 2 is 2.31 bits per heavy atom. The summed E-state index contributed by atoms with van der Waals surface area (Å²) in [5.41, 5.74) is 7.06. The van der Waals surface area contributed by atoms with E-state index in [0.717, 1.165) is 5.69 Å². The Morgan fingerprint density at radius 1 is 1.62 bits per heavy atom. The number of hydrogen-bond donors (Lipinski definition) is 3. The van der Waals surface area contributed by atoms with E-state index < -0.39 is 5.97 Å². The van der Waals surface area contributed by atoms with Crippen LogP contribution in [0.25, 0.3) is 0 Å². The molecular weight excluding hydrogens is 208 g/mol. The summed E-state index contributed by atoms with van der Waals surface area (Å²) in [4.78, 5) is 10.7. The van der Waals surface area contributed by atoms with Crippen LogP contribution < -0.4 is 11.1 Å². The Labute approximate surface area is 94.2 Å². The largest absolute Gasteiger partial charge is 0.478 e. The number of hydrogen-bond acceptors (Lipinski definition) is 4. The first-order valence-corrected chi connectivity index (χ1v) is 4.93. The van der Waals surface area contributed by atoms with Gasteiger partial charge in [0, 0.05) is 13.2 Å². The van der Waals surface area contributed by atoms with Gasteiger partial charge in [0.05, 0.1) is 23.5 Å². The summed E-state index contributed by atoms with van der Waals surface area (Å²) in [6.07, 6.45) is 0. The molecule has 1 aromatic rings. The second-order valence-electron chi connectivity index (χ2n) is 3.61. The Balaban J connectivity index is 2.79. The van der Waals surface area contributed by atoms with E-state index in [1.807, 2.05) is 6.92 Å². The number of rotatable bonds is 5. The zero-order valence-electron chi connectivity index (χ0n) is 9.36. The van der Waals surface area contributed by atoms with Crippen LogP contribution in [-0.4, -0.2) is 30.8 Å². The molecule has 0 spiro atoms. The molecule has 1 unspecified atom stereocenters. The number of nitrogen functional groups attached to an aromatic ring is 1. The van der Waals surface area contributed by atoms with Crippen molar-refractivity contribution in [3.63, 3.8) is 0 Å². The SMILES string of the molecule is COCC(C)Nc1ccc(C(=O)O)cc1N. The van der Waals surface area contributed by atoms with Crippen LogP contribution in [0.3, 0.4) is 0 Å². The van der Waals surface area contributed by atoms with Gasteiger partial charge in [-0.2, -0.15) is 0 Å². The van der Waals surface area contributed by atoms with Crippen molar-refractivity contribution in [3.8, 4) is 0 Å². The smallest absolute Gasteiger partial charge is 0.335 e. The van der Waals surface area contributed by atoms with Crippen molar-refractivity contribution >= 4 is 17.3 Å². The van der Waals surface area contributed by atoms with E-state index in [0.29, 0.717) is 12.3 Å². The first-order chi connectivity index (χ1) is 7.54. The number of carbonyl (C=O) groups is 1. The fourth-order valence-electron chi connectivity index (χ4n) is 1.38. The van der Waals surface area contributed by atoms with E-state index >= 15 is 0 Å². The molecule has 0 aromatic heterocycles. The maximum atomic E-state index is 10.7. The van der Waals surface area contributed by atoms with E-state index in [9.17, 15) is 4.79 Å². The fourth-order valence-corrected chi connectivity index (χ4v) is 1.38. The summed E-state index contributed by atoms with van der Waals surface area (Å²) in [5, 5.41) is 11.9. The topological polar surface area (TPSA) is 84.6 Å². The van der Waals surface area contributed by atoms with Gasteiger partial charge in [-0.05, 0) is 25.1 Å². The molecule has 1 rings (SSSR count). The molecule has 88 valence electrons. The van der Waals surface area contributed by atoms with E-state index in [2.05, 4.69) is 5.32 Å². The lowest BCUT2D eigenvalue weighted by Crippen LogP contribution is -2.21. The molecule has 0 aliphatic heterocycles. The predicted octanol–water partition coefficient (Wildman–Crippen LogP) is 1.41. The monoisotopic (exact) mass is 224 g/mol. The van der Waals surface area contributed by atoms with Crippen molar-refractivity contribution < 1.29 is 14.6 Å². The molecule has 0 saturated carbocycles. The molecule has 0 bridgehead atoms. The minimum atomic E-state index is -0.983. The van der Waals surface area contributed by atoms with Crippen LogP contribution in [0.2, 0.25) is 0 Å². The van der Waals surface area contributed by atoms with Crippen molar-refractivity contribution in [3.05, 3.63) is 23.8 Å². The Bertz CT molecular complexity index is 379. The maximum absolute atomic E-state index is 10.7. The van der Waals surface area contributed by atoms with Crippen LogP contribution in [0.15, 0.2) is 18.2 Å². The second kappa shape index (κ2) is 5.37. The van der Waals surface area contributed by atoms with Gasteiger partial charge in [0.1, 0.15) is 0 Å². The van der Waals surface area contributed by atoms with E-state index in [-0.39, 0.29) is 11.6 Å². The normalized spacial score (nSPS) is 12.1. The van der Waals surface area contributed by atoms with E-state index in [1.54, 1.807) is 13.2 Å². The van der Waals surface area contributed by atoms with Crippen LogP contribution in [0.5, 0.6) is 0 Å². The van der Waals surface area contributed by atoms with Crippen LogP contribution in [0.1, 0.15) is 17.3 Å². The molecule has 0 saturated heterocycles. The summed E-state index contributed by atoms with van der Waals surface area (Å²) >= 11 is 0. The molecule has 4 N–H and O–H groups in total. The highest BCUT2D eigenvalue weighted by Crippen LogP contribution is 2.20. The second-order valence-corrected chi connectivity index (χ2v) is 3.61. The van der Waals surface area contributed by atoms with Gasteiger partial charge in [0.15, 0.2) is 0 Å². The number of carboxylic acid groups (broad SMARTS) is 1. The molecule has 0 aliphatic carbocycles. The number of methoxy groups -OCH3 is 1. The molecule has 0 radical (unpaired) electrons. The molecule has 0 amide bonds. The summed E-state index contributed by atoms with van der Waals surface area (Å²) in [5.74, 6) is -0.983. The van der Waals surface area contributed by atoms with Crippen molar-refractivity contribution in [1.82, 2.24) is 0 Å². The van der Waals surface area contributed by atoms with Crippen molar-refractivity contribution in [1.29, 1.82) is 0 Å². The molecule has 0 fully saturated rings. The standard InChI is InChI=1S/C11H16N2O3/c1-7(6-16-2)13-10-4-3-8(11(14)15)5-9(10)12/h3-5,7,13H,6,12H2,1-2H3,(H,14,15). The maximum Gasteiger partial charge on any atom is 0.335 e. The Kier molecular flexibility index (Phi) is 4.13. The highest BCUT2D eigenvalue weighted by atomic mass is 16.5. The number of ether oxygens (including phenoxy) is 1. The first-order valence-electron chi connectivity index (χ1n) is 4.93. The van der Waals surface area contributed by atoms with Crippen molar-refractivity contribution in [2.45, 2.75) is 13.0 Å². The Morgan fingerprint density at radius 3 is 2.81 bits per heavy atom. The third kappa shape index (κ3) is 3.13. The molecular formula is C11H16N2O3. The summed E-state index contributed by atoms with van der Waals surface area (Å²) in [7, 11) is 1.62. The number of aromatic carboxylic acids is 1. The van der Waals surface area contributed by atoms with Gasteiger partial charge in [-0.3, -0.25) is 0 Å². The number of anilines is 2. The number of benzene rings is 1. The highest BCUT2D eigenvalue weighted by molar-refractivity contribution is 5.90. The molecule has 5 heteroatoms. The quantitative estimate of drug-likeness (QED) is 0.658. The van der Waals surface area contributed by atoms with Crippen molar-refractivity contribution in [2.75, 3.05) is 24.8 Å². The molecule has 0 aliphatic rings. The minimum absolute atomic E-state index is 0.114. The number of nitrogens with one attached hydrogen (secondary N) is 1. The van der Waals surface area contributed by atoms with Gasteiger partial charge >= 0.3 is 5.97 Å². The first kappa shape index (κ1) is 12.3. The third-order valence-corrected chi connectivity index (χ3v) is 2.12. The van der Waals surface area contributed by atoms with E-state index in [4.69, 9.17) is 15.6 Å². The summed E-state index contributed by atoms with van der Waals surface area (Å²) in [6, 6.07) is 4.72. The van der Waals surface area contributed by atoms with Crippen LogP contribution in [-0.2, 0) is 4.74 Å². The minimum Gasteiger partial charge on any atom is -0.478 e.